The van der Waals surface area contributed by atoms with Crippen LogP contribution in [0.25, 0.3) is 0 Å². The summed E-state index contributed by atoms with van der Waals surface area (Å²) in [7, 11) is 0. The molecule has 0 atom stereocenters. The van der Waals surface area contributed by atoms with Gasteiger partial charge in [0.15, 0.2) is 0 Å². The first-order valence-corrected chi connectivity index (χ1v) is 7.56. The van der Waals surface area contributed by atoms with Gasteiger partial charge in [-0.15, -0.1) is 0 Å². The van der Waals surface area contributed by atoms with Gasteiger partial charge in [-0.05, 0) is 36.2 Å². The van der Waals surface area contributed by atoms with Crippen LogP contribution in [0, 0.1) is 6.92 Å². The van der Waals surface area contributed by atoms with Crippen molar-refractivity contribution >= 4 is 29.3 Å². The van der Waals surface area contributed by atoms with Gasteiger partial charge in [-0.1, -0.05) is 41.6 Å². The van der Waals surface area contributed by atoms with Crippen molar-refractivity contribution in [1.82, 2.24) is 10.3 Å². The summed E-state index contributed by atoms with van der Waals surface area (Å²) in [6.45, 7) is 2.50. The number of pyridine rings is 1. The normalized spacial score (nSPS) is 10.3. The van der Waals surface area contributed by atoms with Crippen molar-refractivity contribution in [2.24, 2.45) is 0 Å². The van der Waals surface area contributed by atoms with Crippen LogP contribution >= 0.6 is 23.4 Å². The first-order chi connectivity index (χ1) is 9.63. The largest absolute Gasteiger partial charge is 0.351 e. The zero-order chi connectivity index (χ0) is 14.4. The monoisotopic (exact) mass is 306 g/mol. The SMILES string of the molecule is Cc1ccc(SCC(=O)NCc2ccc(Cl)cc2)nc1. The van der Waals surface area contributed by atoms with Gasteiger partial charge < -0.3 is 5.32 Å². The Labute approximate surface area is 127 Å². The van der Waals surface area contributed by atoms with E-state index in [9.17, 15) is 4.79 Å². The van der Waals surface area contributed by atoms with Crippen molar-refractivity contribution in [1.29, 1.82) is 0 Å². The number of benzene rings is 1. The molecule has 5 heteroatoms. The van der Waals surface area contributed by atoms with Crippen LogP contribution in [0.15, 0.2) is 47.6 Å². The summed E-state index contributed by atoms with van der Waals surface area (Å²) in [5.74, 6) is 0.358. The summed E-state index contributed by atoms with van der Waals surface area (Å²) in [4.78, 5) is 16.0. The van der Waals surface area contributed by atoms with E-state index in [2.05, 4.69) is 10.3 Å². The van der Waals surface area contributed by atoms with E-state index >= 15 is 0 Å². The van der Waals surface area contributed by atoms with Crippen LogP contribution in [0.3, 0.4) is 0 Å². The number of hydrogen-bond acceptors (Lipinski definition) is 3. The quantitative estimate of drug-likeness (QED) is 0.860. The minimum absolute atomic E-state index is 0.00711. The Morgan fingerprint density at radius 3 is 2.65 bits per heavy atom. The fraction of sp³-hybridized carbons (Fsp3) is 0.200. The number of rotatable bonds is 5. The minimum Gasteiger partial charge on any atom is -0.351 e. The molecule has 0 unspecified atom stereocenters. The Hall–Kier alpha value is -1.52. The molecule has 0 aliphatic rings. The summed E-state index contributed by atoms with van der Waals surface area (Å²) < 4.78 is 0. The number of carbonyl (C=O) groups is 1. The molecular formula is C15H15ClN2OS. The third-order valence-corrected chi connectivity index (χ3v) is 3.83. The van der Waals surface area contributed by atoms with Crippen LogP contribution in [0.2, 0.25) is 5.02 Å². The van der Waals surface area contributed by atoms with E-state index in [0.29, 0.717) is 17.3 Å². The maximum atomic E-state index is 11.7. The lowest BCUT2D eigenvalue weighted by atomic mass is 10.2. The van der Waals surface area contributed by atoms with E-state index in [0.717, 1.165) is 16.2 Å². The number of aryl methyl sites for hydroxylation is 1. The van der Waals surface area contributed by atoms with Crippen molar-refractivity contribution < 1.29 is 4.79 Å². The van der Waals surface area contributed by atoms with E-state index < -0.39 is 0 Å². The molecule has 1 aromatic carbocycles. The molecule has 0 aliphatic heterocycles. The maximum Gasteiger partial charge on any atom is 0.230 e. The minimum atomic E-state index is -0.00711. The molecule has 3 nitrogen and oxygen atoms in total. The van der Waals surface area contributed by atoms with Crippen molar-refractivity contribution in [3.8, 4) is 0 Å². The summed E-state index contributed by atoms with van der Waals surface area (Å²) in [6.07, 6.45) is 1.80. The number of aromatic nitrogens is 1. The molecule has 0 aliphatic carbocycles. The first-order valence-electron chi connectivity index (χ1n) is 6.20. The Morgan fingerprint density at radius 2 is 2.00 bits per heavy atom. The Bertz CT molecular complexity index is 518. The van der Waals surface area contributed by atoms with Gasteiger partial charge in [-0.3, -0.25) is 4.79 Å². The number of nitrogens with one attached hydrogen (secondary N) is 1. The number of amides is 1. The highest BCUT2D eigenvalue weighted by Crippen LogP contribution is 2.14. The third-order valence-electron chi connectivity index (χ3n) is 2.64. The number of nitrogens with zero attached hydrogens (tertiary/aromatic N) is 1. The fourth-order valence-electron chi connectivity index (χ4n) is 1.53. The molecule has 1 amide bonds. The van der Waals surface area contributed by atoms with Gasteiger partial charge in [0.2, 0.25) is 5.91 Å². The summed E-state index contributed by atoms with van der Waals surface area (Å²) >= 11 is 7.24. The van der Waals surface area contributed by atoms with E-state index in [1.165, 1.54) is 11.8 Å². The molecule has 0 spiro atoms. The van der Waals surface area contributed by atoms with Crippen molar-refractivity contribution in [2.45, 2.75) is 18.5 Å². The van der Waals surface area contributed by atoms with E-state index in [1.807, 2.05) is 43.3 Å². The van der Waals surface area contributed by atoms with Crippen LogP contribution in [0.1, 0.15) is 11.1 Å². The average molecular weight is 307 g/mol. The summed E-state index contributed by atoms with van der Waals surface area (Å²) in [5, 5.41) is 4.42. The van der Waals surface area contributed by atoms with Gasteiger partial charge in [-0.25, -0.2) is 4.98 Å². The van der Waals surface area contributed by atoms with Crippen LogP contribution < -0.4 is 5.32 Å². The van der Waals surface area contributed by atoms with Gasteiger partial charge in [0.25, 0.3) is 0 Å². The van der Waals surface area contributed by atoms with Crippen molar-refractivity contribution in [3.05, 3.63) is 58.7 Å². The lowest BCUT2D eigenvalue weighted by molar-refractivity contribution is -0.118. The molecule has 2 aromatic rings. The zero-order valence-electron chi connectivity index (χ0n) is 11.1. The molecule has 104 valence electrons. The highest BCUT2D eigenvalue weighted by atomic mass is 35.5. The molecule has 0 saturated carbocycles. The van der Waals surface area contributed by atoms with Gasteiger partial charge >= 0.3 is 0 Å². The zero-order valence-corrected chi connectivity index (χ0v) is 12.7. The topological polar surface area (TPSA) is 42.0 Å². The molecule has 20 heavy (non-hydrogen) atoms. The second-order valence-corrected chi connectivity index (χ2v) is 5.80. The lowest BCUT2D eigenvalue weighted by Crippen LogP contribution is -2.24. The molecule has 1 heterocycles. The third kappa shape index (κ3) is 4.87. The summed E-state index contributed by atoms with van der Waals surface area (Å²) in [5.41, 5.74) is 2.14. The highest BCUT2D eigenvalue weighted by molar-refractivity contribution is 7.99. The number of halogens is 1. The fourth-order valence-corrected chi connectivity index (χ4v) is 2.33. The molecular weight excluding hydrogens is 292 g/mol. The van der Waals surface area contributed by atoms with Crippen LogP contribution in [-0.2, 0) is 11.3 Å². The Balaban J connectivity index is 1.75. The number of carbonyl (C=O) groups excluding carboxylic acids is 1. The smallest absolute Gasteiger partial charge is 0.230 e. The van der Waals surface area contributed by atoms with Gasteiger partial charge in [0.05, 0.1) is 10.8 Å². The second kappa shape index (κ2) is 7.31. The number of thioether (sulfide) groups is 1. The molecule has 1 aromatic heterocycles. The van der Waals surface area contributed by atoms with Gasteiger partial charge in [0.1, 0.15) is 0 Å². The maximum absolute atomic E-state index is 11.7. The van der Waals surface area contributed by atoms with E-state index in [-0.39, 0.29) is 5.91 Å². The molecule has 0 bridgehead atoms. The predicted molar refractivity (Wildman–Crippen MR) is 83.0 cm³/mol. The predicted octanol–water partition coefficient (Wildman–Crippen LogP) is 3.45. The first kappa shape index (κ1) is 14.9. The Morgan fingerprint density at radius 1 is 1.25 bits per heavy atom. The van der Waals surface area contributed by atoms with E-state index in [4.69, 9.17) is 11.6 Å². The summed E-state index contributed by atoms with van der Waals surface area (Å²) in [6, 6.07) is 11.3. The van der Waals surface area contributed by atoms with E-state index in [1.54, 1.807) is 6.20 Å². The van der Waals surface area contributed by atoms with Gasteiger partial charge in [-0.2, -0.15) is 0 Å². The Kier molecular flexibility index (Phi) is 5.44. The van der Waals surface area contributed by atoms with Crippen LogP contribution in [0.4, 0.5) is 0 Å². The molecule has 0 saturated heterocycles. The van der Waals surface area contributed by atoms with Crippen molar-refractivity contribution in [2.75, 3.05) is 5.75 Å². The molecule has 2 rings (SSSR count). The molecule has 0 radical (unpaired) electrons. The second-order valence-electron chi connectivity index (χ2n) is 4.37. The van der Waals surface area contributed by atoms with Crippen LogP contribution in [0.5, 0.6) is 0 Å². The average Bonchev–Trinajstić information content (AvgIpc) is 2.46. The van der Waals surface area contributed by atoms with Gasteiger partial charge in [0, 0.05) is 17.8 Å². The lowest BCUT2D eigenvalue weighted by Gasteiger charge is -2.05. The van der Waals surface area contributed by atoms with Crippen LogP contribution in [-0.4, -0.2) is 16.6 Å². The highest BCUT2D eigenvalue weighted by Gasteiger charge is 2.03. The standard InChI is InChI=1S/C15H15ClN2OS/c1-11-2-7-15(18-8-11)20-10-14(19)17-9-12-3-5-13(16)6-4-12/h2-8H,9-10H2,1H3,(H,17,19). The van der Waals surface area contributed by atoms with Crippen molar-refractivity contribution in [3.63, 3.8) is 0 Å². The molecule has 1 N–H and O–H groups in total. The molecule has 0 fully saturated rings. The number of hydrogen-bond donors (Lipinski definition) is 1.